The van der Waals surface area contributed by atoms with Crippen molar-refractivity contribution in [2.24, 2.45) is 5.92 Å². The minimum absolute atomic E-state index is 0.0958. The molecule has 1 aromatic rings. The zero-order valence-corrected chi connectivity index (χ0v) is 15.4. The maximum absolute atomic E-state index is 13.0. The van der Waals surface area contributed by atoms with Crippen molar-refractivity contribution in [1.82, 2.24) is 4.90 Å². The second kappa shape index (κ2) is 7.61. The molecule has 1 unspecified atom stereocenters. The van der Waals surface area contributed by atoms with Crippen molar-refractivity contribution in [3.05, 3.63) is 35.6 Å². The van der Waals surface area contributed by atoms with E-state index in [9.17, 15) is 24.2 Å². The first-order valence-corrected chi connectivity index (χ1v) is 8.68. The predicted octanol–water partition coefficient (Wildman–Crippen LogP) is 2.83. The highest BCUT2D eigenvalue weighted by Crippen LogP contribution is 2.33. The van der Waals surface area contributed by atoms with E-state index in [1.165, 1.54) is 29.2 Å². The molecule has 144 valence electrons. The predicted molar refractivity (Wildman–Crippen MR) is 93.2 cm³/mol. The number of carboxylic acids is 1. The van der Waals surface area contributed by atoms with E-state index < -0.39 is 35.0 Å². The standard InChI is InChI=1S/C19H26FNO5/c1-18(2,3)26-17(24)21-10-8-19(25,9-11-21)15(16(22)23)12-13-4-6-14(20)7-5-13/h4-7,15,25H,8-12H2,1-3H3,(H,22,23). The molecule has 1 aliphatic heterocycles. The van der Waals surface area contributed by atoms with Gasteiger partial charge in [-0.2, -0.15) is 0 Å². The maximum atomic E-state index is 13.0. The summed E-state index contributed by atoms with van der Waals surface area (Å²) in [5, 5.41) is 20.5. The molecule has 0 aliphatic carbocycles. The van der Waals surface area contributed by atoms with E-state index in [1.807, 2.05) is 0 Å². The number of carboxylic acid groups (broad SMARTS) is 1. The van der Waals surface area contributed by atoms with Crippen LogP contribution in [0.25, 0.3) is 0 Å². The number of aliphatic carboxylic acids is 1. The fraction of sp³-hybridized carbons (Fsp3) is 0.579. The Bertz CT molecular complexity index is 645. The third-order valence-corrected chi connectivity index (χ3v) is 4.58. The van der Waals surface area contributed by atoms with Crippen LogP contribution >= 0.6 is 0 Å². The van der Waals surface area contributed by atoms with E-state index in [2.05, 4.69) is 0 Å². The summed E-state index contributed by atoms with van der Waals surface area (Å²) in [5.41, 5.74) is -1.41. The van der Waals surface area contributed by atoms with Crippen LogP contribution in [-0.4, -0.2) is 51.5 Å². The minimum Gasteiger partial charge on any atom is -0.481 e. The molecule has 0 spiro atoms. The number of carbonyl (C=O) groups excluding carboxylic acids is 1. The zero-order valence-electron chi connectivity index (χ0n) is 15.4. The molecular formula is C19H26FNO5. The summed E-state index contributed by atoms with van der Waals surface area (Å²) in [6.45, 7) is 5.76. The van der Waals surface area contributed by atoms with Crippen molar-refractivity contribution >= 4 is 12.1 Å². The normalized spacial score (nSPS) is 18.3. The van der Waals surface area contributed by atoms with Crippen LogP contribution in [0.2, 0.25) is 0 Å². The highest BCUT2D eigenvalue weighted by Gasteiger charge is 2.44. The number of hydrogen-bond donors (Lipinski definition) is 2. The molecule has 1 amide bonds. The topological polar surface area (TPSA) is 87.1 Å². The van der Waals surface area contributed by atoms with Crippen LogP contribution in [0, 0.1) is 11.7 Å². The van der Waals surface area contributed by atoms with Crippen LogP contribution in [0.4, 0.5) is 9.18 Å². The molecule has 0 bridgehead atoms. The molecule has 0 aromatic heterocycles. The van der Waals surface area contributed by atoms with E-state index in [1.54, 1.807) is 20.8 Å². The Balaban J connectivity index is 2.04. The first-order chi connectivity index (χ1) is 12.0. The van der Waals surface area contributed by atoms with Crippen LogP contribution in [0.5, 0.6) is 0 Å². The summed E-state index contributed by atoms with van der Waals surface area (Å²) in [6.07, 6.45) is -0.0853. The molecule has 1 saturated heterocycles. The lowest BCUT2D eigenvalue weighted by Crippen LogP contribution is -2.53. The molecule has 7 heteroatoms. The molecule has 1 atom stereocenters. The lowest BCUT2D eigenvalue weighted by atomic mass is 9.76. The number of nitrogens with zero attached hydrogens (tertiary/aromatic N) is 1. The Kier molecular flexibility index (Phi) is 5.91. The second-order valence-electron chi connectivity index (χ2n) is 7.79. The molecule has 0 radical (unpaired) electrons. The number of benzene rings is 1. The number of aliphatic hydroxyl groups is 1. The smallest absolute Gasteiger partial charge is 0.410 e. The van der Waals surface area contributed by atoms with Gasteiger partial charge in [0.15, 0.2) is 0 Å². The van der Waals surface area contributed by atoms with Gasteiger partial charge in [-0.1, -0.05) is 12.1 Å². The Labute approximate surface area is 152 Å². The second-order valence-corrected chi connectivity index (χ2v) is 7.79. The molecule has 2 N–H and O–H groups in total. The number of ether oxygens (including phenoxy) is 1. The Morgan fingerprint density at radius 1 is 1.23 bits per heavy atom. The Morgan fingerprint density at radius 2 is 1.77 bits per heavy atom. The van der Waals surface area contributed by atoms with E-state index in [4.69, 9.17) is 4.74 Å². The molecule has 26 heavy (non-hydrogen) atoms. The number of halogens is 1. The van der Waals surface area contributed by atoms with Gasteiger partial charge in [0, 0.05) is 13.1 Å². The van der Waals surface area contributed by atoms with Gasteiger partial charge in [0.25, 0.3) is 0 Å². The van der Waals surface area contributed by atoms with Crippen molar-refractivity contribution < 1.29 is 28.9 Å². The largest absolute Gasteiger partial charge is 0.481 e. The summed E-state index contributed by atoms with van der Waals surface area (Å²) in [6, 6.07) is 5.57. The molecule has 2 rings (SSSR count). The Morgan fingerprint density at radius 3 is 2.23 bits per heavy atom. The first-order valence-electron chi connectivity index (χ1n) is 8.68. The molecule has 6 nitrogen and oxygen atoms in total. The highest BCUT2D eigenvalue weighted by molar-refractivity contribution is 5.72. The van der Waals surface area contributed by atoms with Gasteiger partial charge < -0.3 is 19.8 Å². The number of hydrogen-bond acceptors (Lipinski definition) is 4. The van der Waals surface area contributed by atoms with Crippen molar-refractivity contribution in [2.75, 3.05) is 13.1 Å². The summed E-state index contributed by atoms with van der Waals surface area (Å²) in [4.78, 5) is 25.3. The van der Waals surface area contributed by atoms with Crippen LogP contribution in [0.15, 0.2) is 24.3 Å². The quantitative estimate of drug-likeness (QED) is 0.854. The number of likely N-dealkylation sites (tertiary alicyclic amines) is 1. The monoisotopic (exact) mass is 367 g/mol. The number of amides is 1. The summed E-state index contributed by atoms with van der Waals surface area (Å²) in [5.74, 6) is -2.54. The van der Waals surface area contributed by atoms with Gasteiger partial charge in [0.2, 0.25) is 0 Å². The molecule has 1 fully saturated rings. The third kappa shape index (κ3) is 5.17. The van der Waals surface area contributed by atoms with Crippen molar-refractivity contribution in [3.8, 4) is 0 Å². The zero-order chi connectivity index (χ0) is 19.5. The van der Waals surface area contributed by atoms with Crippen LogP contribution in [0.1, 0.15) is 39.2 Å². The molecule has 1 aromatic carbocycles. The van der Waals surface area contributed by atoms with Gasteiger partial charge in [-0.05, 0) is 57.7 Å². The fourth-order valence-electron chi connectivity index (χ4n) is 3.11. The SMILES string of the molecule is CC(C)(C)OC(=O)N1CCC(O)(C(Cc2ccc(F)cc2)C(=O)O)CC1. The summed E-state index contributed by atoms with van der Waals surface area (Å²) >= 11 is 0. The number of rotatable bonds is 4. The molecule has 1 heterocycles. The van der Waals surface area contributed by atoms with Gasteiger partial charge in [0.1, 0.15) is 11.4 Å². The number of piperidine rings is 1. The van der Waals surface area contributed by atoms with Crippen LogP contribution < -0.4 is 0 Å². The van der Waals surface area contributed by atoms with E-state index >= 15 is 0 Å². The van der Waals surface area contributed by atoms with Crippen molar-refractivity contribution in [2.45, 2.75) is 51.2 Å². The van der Waals surface area contributed by atoms with Crippen molar-refractivity contribution in [1.29, 1.82) is 0 Å². The Hall–Kier alpha value is -2.15. The van der Waals surface area contributed by atoms with Gasteiger partial charge in [0.05, 0.1) is 11.5 Å². The van der Waals surface area contributed by atoms with Gasteiger partial charge in [-0.25, -0.2) is 9.18 Å². The third-order valence-electron chi connectivity index (χ3n) is 4.58. The van der Waals surface area contributed by atoms with Gasteiger partial charge >= 0.3 is 12.1 Å². The molecule has 1 aliphatic rings. The van der Waals surface area contributed by atoms with E-state index in [0.717, 1.165) is 0 Å². The number of carbonyl (C=O) groups is 2. The minimum atomic E-state index is -1.43. The molecule has 0 saturated carbocycles. The maximum Gasteiger partial charge on any atom is 0.410 e. The fourth-order valence-corrected chi connectivity index (χ4v) is 3.11. The molecular weight excluding hydrogens is 341 g/mol. The lowest BCUT2D eigenvalue weighted by molar-refractivity contribution is -0.155. The first kappa shape index (κ1) is 20.2. The summed E-state index contributed by atoms with van der Waals surface area (Å²) in [7, 11) is 0. The van der Waals surface area contributed by atoms with Crippen LogP contribution in [-0.2, 0) is 16.0 Å². The van der Waals surface area contributed by atoms with E-state index in [0.29, 0.717) is 5.56 Å². The van der Waals surface area contributed by atoms with Crippen molar-refractivity contribution in [3.63, 3.8) is 0 Å². The average molecular weight is 367 g/mol. The summed E-state index contributed by atoms with van der Waals surface area (Å²) < 4.78 is 18.3. The van der Waals surface area contributed by atoms with E-state index in [-0.39, 0.29) is 32.4 Å². The van der Waals surface area contributed by atoms with Gasteiger partial charge in [-0.15, -0.1) is 0 Å². The average Bonchev–Trinajstić information content (AvgIpc) is 2.52. The lowest BCUT2D eigenvalue weighted by Gasteiger charge is -2.41. The highest BCUT2D eigenvalue weighted by atomic mass is 19.1. The van der Waals surface area contributed by atoms with Crippen LogP contribution in [0.3, 0.4) is 0 Å². The van der Waals surface area contributed by atoms with Gasteiger partial charge in [-0.3, -0.25) is 4.79 Å².